The van der Waals surface area contributed by atoms with Gasteiger partial charge in [0.2, 0.25) is 18.5 Å². The number of hydrogen-bond acceptors (Lipinski definition) is 6. The van der Waals surface area contributed by atoms with Crippen LogP contribution in [0.1, 0.15) is 29.7 Å². The first-order chi connectivity index (χ1) is 11.4. The second-order valence-corrected chi connectivity index (χ2v) is 5.76. The van der Waals surface area contributed by atoms with E-state index in [1.54, 1.807) is 6.20 Å². The van der Waals surface area contributed by atoms with Gasteiger partial charge in [0.05, 0.1) is 0 Å². The van der Waals surface area contributed by atoms with E-state index >= 15 is 0 Å². The molecule has 6 nitrogen and oxygen atoms in total. The monoisotopic (exact) mass is 307 g/mol. The first kappa shape index (κ1) is 12.6. The molecule has 0 N–H and O–H groups in total. The molecule has 5 rings (SSSR count). The number of benzene rings is 1. The first-order valence-electron chi connectivity index (χ1n) is 7.52. The zero-order valence-electron chi connectivity index (χ0n) is 12.2. The van der Waals surface area contributed by atoms with Crippen molar-refractivity contribution >= 4 is 0 Å². The third kappa shape index (κ3) is 2.14. The highest BCUT2D eigenvalue weighted by Crippen LogP contribution is 2.54. The van der Waals surface area contributed by atoms with Crippen LogP contribution >= 0.6 is 0 Å². The number of aromatic nitrogens is 3. The molecule has 0 amide bonds. The lowest BCUT2D eigenvalue weighted by atomic mass is 10.1. The van der Waals surface area contributed by atoms with Crippen LogP contribution in [0.3, 0.4) is 0 Å². The van der Waals surface area contributed by atoms with Crippen molar-refractivity contribution in [2.24, 2.45) is 0 Å². The van der Waals surface area contributed by atoms with Crippen molar-refractivity contribution in [1.29, 1.82) is 0 Å². The molecular formula is C17H13N3O3. The summed E-state index contributed by atoms with van der Waals surface area (Å²) in [6, 6.07) is 9.70. The average Bonchev–Trinajstić information content (AvgIpc) is 3.04. The van der Waals surface area contributed by atoms with E-state index in [4.69, 9.17) is 14.0 Å². The van der Waals surface area contributed by atoms with Gasteiger partial charge in [-0.3, -0.25) is 4.98 Å². The predicted octanol–water partition coefficient (Wildman–Crippen LogP) is 3.13. The predicted molar refractivity (Wildman–Crippen MR) is 80.2 cm³/mol. The Bertz CT molecular complexity index is 863. The molecule has 2 aromatic heterocycles. The Labute approximate surface area is 132 Å². The second kappa shape index (κ2) is 4.81. The van der Waals surface area contributed by atoms with E-state index in [-0.39, 0.29) is 12.7 Å². The summed E-state index contributed by atoms with van der Waals surface area (Å²) in [7, 11) is 0. The smallest absolute Gasteiger partial charge is 0.231 e. The van der Waals surface area contributed by atoms with Crippen LogP contribution in [0.4, 0.5) is 0 Å². The molecule has 0 radical (unpaired) electrons. The maximum Gasteiger partial charge on any atom is 0.231 e. The molecule has 1 aromatic carbocycles. The molecule has 0 spiro atoms. The largest absolute Gasteiger partial charge is 0.454 e. The Morgan fingerprint density at radius 1 is 1.04 bits per heavy atom. The summed E-state index contributed by atoms with van der Waals surface area (Å²) in [5, 5.41) is 4.10. The molecule has 2 aliphatic rings. The van der Waals surface area contributed by atoms with Gasteiger partial charge in [-0.15, -0.1) is 0 Å². The maximum absolute atomic E-state index is 5.46. The topological polar surface area (TPSA) is 70.3 Å². The van der Waals surface area contributed by atoms with Crippen LogP contribution in [-0.2, 0) is 0 Å². The zero-order valence-corrected chi connectivity index (χ0v) is 12.2. The summed E-state index contributed by atoms with van der Waals surface area (Å²) in [6.45, 7) is 0.255. The van der Waals surface area contributed by atoms with Crippen molar-refractivity contribution in [3.8, 4) is 22.9 Å². The van der Waals surface area contributed by atoms with Gasteiger partial charge in [0, 0.05) is 23.9 Å². The maximum atomic E-state index is 5.46. The highest BCUT2D eigenvalue weighted by atomic mass is 16.7. The van der Waals surface area contributed by atoms with Crippen LogP contribution in [0.25, 0.3) is 11.4 Å². The average molecular weight is 307 g/mol. The zero-order chi connectivity index (χ0) is 15.2. The minimum Gasteiger partial charge on any atom is -0.454 e. The lowest BCUT2D eigenvalue weighted by Crippen LogP contribution is -1.92. The van der Waals surface area contributed by atoms with Crippen molar-refractivity contribution in [3.05, 3.63) is 54.2 Å². The van der Waals surface area contributed by atoms with Gasteiger partial charge in [-0.05, 0) is 42.2 Å². The van der Waals surface area contributed by atoms with Gasteiger partial charge < -0.3 is 14.0 Å². The Kier molecular flexibility index (Phi) is 2.64. The quantitative estimate of drug-likeness (QED) is 0.740. The highest BCUT2D eigenvalue weighted by molar-refractivity contribution is 5.61. The minimum atomic E-state index is 0.255. The Hall–Kier alpha value is -2.89. The van der Waals surface area contributed by atoms with Crippen LogP contribution in [0.15, 0.2) is 47.2 Å². The SMILES string of the molecule is c1cncc([C@@H]2C[C@H]2c2nc(-c3ccc4c(c3)OCO4)no2)c1. The Morgan fingerprint density at radius 3 is 2.91 bits per heavy atom. The molecule has 3 heterocycles. The number of ether oxygens (including phenoxy) is 2. The third-order valence-electron chi connectivity index (χ3n) is 4.29. The van der Waals surface area contributed by atoms with Crippen LogP contribution in [0, 0.1) is 0 Å². The summed E-state index contributed by atoms with van der Waals surface area (Å²) < 4.78 is 16.2. The van der Waals surface area contributed by atoms with Crippen molar-refractivity contribution in [2.45, 2.75) is 18.3 Å². The van der Waals surface area contributed by atoms with Gasteiger partial charge in [-0.25, -0.2) is 0 Å². The molecule has 0 unspecified atom stereocenters. The van der Waals surface area contributed by atoms with E-state index in [1.165, 1.54) is 5.56 Å². The molecule has 1 fully saturated rings. The molecule has 23 heavy (non-hydrogen) atoms. The van der Waals surface area contributed by atoms with Gasteiger partial charge in [0.25, 0.3) is 0 Å². The van der Waals surface area contributed by atoms with E-state index < -0.39 is 0 Å². The summed E-state index contributed by atoms with van der Waals surface area (Å²) in [5.41, 5.74) is 2.09. The minimum absolute atomic E-state index is 0.255. The van der Waals surface area contributed by atoms with E-state index in [9.17, 15) is 0 Å². The van der Waals surface area contributed by atoms with E-state index in [2.05, 4.69) is 21.2 Å². The van der Waals surface area contributed by atoms with Crippen LogP contribution in [0.2, 0.25) is 0 Å². The molecular weight excluding hydrogens is 294 g/mol. The summed E-state index contributed by atoms with van der Waals surface area (Å²) in [4.78, 5) is 8.72. The molecule has 1 aliphatic carbocycles. The van der Waals surface area contributed by atoms with Crippen LogP contribution < -0.4 is 9.47 Å². The third-order valence-corrected chi connectivity index (χ3v) is 4.29. The fourth-order valence-electron chi connectivity index (χ4n) is 2.97. The van der Waals surface area contributed by atoms with E-state index in [0.29, 0.717) is 23.4 Å². The van der Waals surface area contributed by atoms with Gasteiger partial charge in [-0.2, -0.15) is 4.98 Å². The number of rotatable bonds is 3. The summed E-state index contributed by atoms with van der Waals surface area (Å²) in [5.74, 6) is 3.44. The van der Waals surface area contributed by atoms with Crippen LogP contribution in [-0.4, -0.2) is 21.9 Å². The molecule has 3 aromatic rings. The standard InChI is InChI=1S/C17H13N3O3/c1-2-11(8-18-5-1)12-7-13(12)17-19-16(20-23-17)10-3-4-14-15(6-10)22-9-21-14/h1-6,8,12-13H,7,9H2/t12-,13+/m0/s1. The fraction of sp³-hybridized carbons (Fsp3) is 0.235. The van der Waals surface area contributed by atoms with E-state index in [0.717, 1.165) is 17.7 Å². The number of nitrogens with zero attached hydrogens (tertiary/aromatic N) is 3. The van der Waals surface area contributed by atoms with Gasteiger partial charge in [-0.1, -0.05) is 11.2 Å². The second-order valence-electron chi connectivity index (χ2n) is 5.76. The molecule has 114 valence electrons. The van der Waals surface area contributed by atoms with Crippen molar-refractivity contribution in [1.82, 2.24) is 15.1 Å². The molecule has 2 atom stereocenters. The van der Waals surface area contributed by atoms with Crippen molar-refractivity contribution in [3.63, 3.8) is 0 Å². The molecule has 0 bridgehead atoms. The lowest BCUT2D eigenvalue weighted by Gasteiger charge is -1.97. The molecule has 6 heteroatoms. The number of pyridine rings is 1. The van der Waals surface area contributed by atoms with Crippen LogP contribution in [0.5, 0.6) is 11.5 Å². The van der Waals surface area contributed by atoms with Gasteiger partial charge in [0.1, 0.15) is 0 Å². The first-order valence-corrected chi connectivity index (χ1v) is 7.52. The normalized spacial score (nSPS) is 21.4. The molecule has 1 saturated carbocycles. The fourth-order valence-corrected chi connectivity index (χ4v) is 2.97. The Balaban J connectivity index is 1.39. The summed E-state index contributed by atoms with van der Waals surface area (Å²) in [6.07, 6.45) is 4.71. The van der Waals surface area contributed by atoms with Crippen molar-refractivity contribution in [2.75, 3.05) is 6.79 Å². The van der Waals surface area contributed by atoms with Crippen molar-refractivity contribution < 1.29 is 14.0 Å². The molecule has 1 aliphatic heterocycles. The number of fused-ring (bicyclic) bond motifs is 1. The summed E-state index contributed by atoms with van der Waals surface area (Å²) >= 11 is 0. The van der Waals surface area contributed by atoms with Gasteiger partial charge in [0.15, 0.2) is 11.5 Å². The Morgan fingerprint density at radius 2 is 2.00 bits per heavy atom. The lowest BCUT2D eigenvalue weighted by molar-refractivity contribution is 0.174. The van der Waals surface area contributed by atoms with E-state index in [1.807, 2.05) is 30.5 Å². The highest BCUT2D eigenvalue weighted by Gasteiger charge is 2.43. The van der Waals surface area contributed by atoms with Gasteiger partial charge >= 0.3 is 0 Å². The molecule has 0 saturated heterocycles. The number of hydrogen-bond donors (Lipinski definition) is 0.